The molecule has 1 unspecified atom stereocenters. The number of hydrogen-bond acceptors (Lipinski definition) is 4. The molecule has 0 aliphatic carbocycles. The van der Waals surface area contributed by atoms with Crippen LogP contribution in [0.25, 0.3) is 10.9 Å². The molecular weight excluding hydrogens is 248 g/mol. The zero-order chi connectivity index (χ0) is 14.7. The van der Waals surface area contributed by atoms with E-state index in [1.165, 1.54) is 0 Å². The van der Waals surface area contributed by atoms with Gasteiger partial charge in [0, 0.05) is 36.4 Å². The van der Waals surface area contributed by atoms with Crippen molar-refractivity contribution in [1.29, 1.82) is 0 Å². The number of benzene rings is 1. The standard InChI is InChI=1S/C16H24N4/c1-5-20(12(2)11-19(3)4)15-9-8-14(17)13-7-6-10-18-16(13)15/h6-10,12H,5,11,17H2,1-4H3. The number of likely N-dealkylation sites (N-methyl/N-ethyl adjacent to an activating group) is 2. The summed E-state index contributed by atoms with van der Waals surface area (Å²) >= 11 is 0. The lowest BCUT2D eigenvalue weighted by atomic mass is 10.1. The maximum Gasteiger partial charge on any atom is 0.0956 e. The molecule has 0 radical (unpaired) electrons. The summed E-state index contributed by atoms with van der Waals surface area (Å²) < 4.78 is 0. The molecule has 1 aromatic carbocycles. The van der Waals surface area contributed by atoms with Crippen molar-refractivity contribution in [3.63, 3.8) is 0 Å². The molecule has 20 heavy (non-hydrogen) atoms. The topological polar surface area (TPSA) is 45.4 Å². The fraction of sp³-hybridized carbons (Fsp3) is 0.438. The Balaban J connectivity index is 2.47. The molecule has 0 saturated heterocycles. The Kier molecular flexibility index (Phi) is 4.45. The van der Waals surface area contributed by atoms with Gasteiger partial charge in [-0.1, -0.05) is 0 Å². The quantitative estimate of drug-likeness (QED) is 0.850. The molecule has 2 N–H and O–H groups in total. The van der Waals surface area contributed by atoms with Crippen molar-refractivity contribution in [2.45, 2.75) is 19.9 Å². The third-order valence-electron chi connectivity index (χ3n) is 3.59. The highest BCUT2D eigenvalue weighted by Gasteiger charge is 2.17. The van der Waals surface area contributed by atoms with Gasteiger partial charge in [-0.15, -0.1) is 0 Å². The second-order valence-corrected chi connectivity index (χ2v) is 5.47. The lowest BCUT2D eigenvalue weighted by Crippen LogP contribution is -2.40. The van der Waals surface area contributed by atoms with Crippen molar-refractivity contribution in [1.82, 2.24) is 9.88 Å². The van der Waals surface area contributed by atoms with Crippen LogP contribution in [0.3, 0.4) is 0 Å². The highest BCUT2D eigenvalue weighted by Crippen LogP contribution is 2.30. The Bertz CT molecular complexity index is 580. The Morgan fingerprint density at radius 2 is 2.00 bits per heavy atom. The Morgan fingerprint density at radius 1 is 1.25 bits per heavy atom. The first-order chi connectivity index (χ1) is 9.54. The molecule has 0 aliphatic heterocycles. The maximum atomic E-state index is 6.06. The van der Waals surface area contributed by atoms with E-state index in [0.717, 1.165) is 35.4 Å². The SMILES string of the molecule is CCN(c1ccc(N)c2cccnc12)C(C)CN(C)C. The summed E-state index contributed by atoms with van der Waals surface area (Å²) in [5.74, 6) is 0. The number of rotatable bonds is 5. The average molecular weight is 272 g/mol. The minimum absolute atomic E-state index is 0.420. The fourth-order valence-electron chi connectivity index (χ4n) is 2.76. The number of fused-ring (bicyclic) bond motifs is 1. The van der Waals surface area contributed by atoms with E-state index in [4.69, 9.17) is 5.73 Å². The fourth-order valence-corrected chi connectivity index (χ4v) is 2.76. The van der Waals surface area contributed by atoms with Crippen LogP contribution < -0.4 is 10.6 Å². The predicted octanol–water partition coefficient (Wildman–Crippen LogP) is 2.59. The summed E-state index contributed by atoms with van der Waals surface area (Å²) in [5.41, 5.74) is 8.99. The van der Waals surface area contributed by atoms with Crippen LogP contribution in [0.1, 0.15) is 13.8 Å². The molecule has 0 bridgehead atoms. The third kappa shape index (κ3) is 2.85. The number of hydrogen-bond donors (Lipinski definition) is 1. The largest absolute Gasteiger partial charge is 0.398 e. The molecule has 1 aromatic heterocycles. The Morgan fingerprint density at radius 3 is 2.65 bits per heavy atom. The van der Waals surface area contributed by atoms with Crippen molar-refractivity contribution < 1.29 is 0 Å². The van der Waals surface area contributed by atoms with Gasteiger partial charge < -0.3 is 15.5 Å². The van der Waals surface area contributed by atoms with Crippen molar-refractivity contribution in [2.24, 2.45) is 0 Å². The molecule has 2 rings (SSSR count). The van der Waals surface area contributed by atoms with E-state index < -0.39 is 0 Å². The van der Waals surface area contributed by atoms with Gasteiger partial charge in [0.1, 0.15) is 0 Å². The summed E-state index contributed by atoms with van der Waals surface area (Å²) in [6, 6.07) is 8.45. The van der Waals surface area contributed by atoms with Gasteiger partial charge in [-0.25, -0.2) is 0 Å². The molecule has 108 valence electrons. The molecule has 1 heterocycles. The van der Waals surface area contributed by atoms with Gasteiger partial charge in [0.2, 0.25) is 0 Å². The summed E-state index contributed by atoms with van der Waals surface area (Å²) in [6.07, 6.45) is 1.83. The second-order valence-electron chi connectivity index (χ2n) is 5.47. The van der Waals surface area contributed by atoms with Gasteiger partial charge in [-0.3, -0.25) is 4.98 Å². The van der Waals surface area contributed by atoms with Crippen LogP contribution >= 0.6 is 0 Å². The van der Waals surface area contributed by atoms with Crippen LogP contribution in [0.2, 0.25) is 0 Å². The predicted molar refractivity (Wildman–Crippen MR) is 87.2 cm³/mol. The van der Waals surface area contributed by atoms with Gasteiger partial charge >= 0.3 is 0 Å². The number of anilines is 2. The van der Waals surface area contributed by atoms with Gasteiger partial charge in [-0.2, -0.15) is 0 Å². The molecule has 4 nitrogen and oxygen atoms in total. The highest BCUT2D eigenvalue weighted by atomic mass is 15.2. The maximum absolute atomic E-state index is 6.06. The van der Waals surface area contributed by atoms with E-state index in [0.29, 0.717) is 6.04 Å². The van der Waals surface area contributed by atoms with Crippen molar-refractivity contribution >= 4 is 22.3 Å². The van der Waals surface area contributed by atoms with E-state index in [-0.39, 0.29) is 0 Å². The summed E-state index contributed by atoms with van der Waals surface area (Å²) in [5, 5.41) is 1.03. The summed E-state index contributed by atoms with van der Waals surface area (Å²) in [4.78, 5) is 9.13. The van der Waals surface area contributed by atoms with Gasteiger partial charge in [0.25, 0.3) is 0 Å². The molecular formula is C16H24N4. The number of aromatic nitrogens is 1. The molecule has 0 amide bonds. The highest BCUT2D eigenvalue weighted by molar-refractivity contribution is 5.98. The van der Waals surface area contributed by atoms with E-state index in [2.05, 4.69) is 48.8 Å². The number of nitrogen functional groups attached to an aromatic ring is 1. The lowest BCUT2D eigenvalue weighted by Gasteiger charge is -2.32. The molecule has 0 fully saturated rings. The lowest BCUT2D eigenvalue weighted by molar-refractivity contribution is 0.373. The van der Waals surface area contributed by atoms with Gasteiger partial charge in [0.05, 0.1) is 11.2 Å². The summed E-state index contributed by atoms with van der Waals surface area (Å²) in [7, 11) is 4.20. The Hall–Kier alpha value is -1.81. The normalized spacial score (nSPS) is 12.8. The van der Waals surface area contributed by atoms with Crippen LogP contribution in [-0.2, 0) is 0 Å². The zero-order valence-corrected chi connectivity index (χ0v) is 12.8. The van der Waals surface area contributed by atoms with Gasteiger partial charge in [-0.05, 0) is 52.2 Å². The zero-order valence-electron chi connectivity index (χ0n) is 12.8. The molecule has 2 aromatic rings. The average Bonchev–Trinajstić information content (AvgIpc) is 2.41. The molecule has 0 saturated carbocycles. The Labute approximate surface area is 121 Å². The number of nitrogens with two attached hydrogens (primary N) is 1. The smallest absolute Gasteiger partial charge is 0.0956 e. The molecule has 1 atom stereocenters. The van der Waals surface area contributed by atoms with Crippen LogP contribution in [0.4, 0.5) is 11.4 Å². The summed E-state index contributed by atoms with van der Waals surface area (Å²) in [6.45, 7) is 6.38. The first-order valence-electron chi connectivity index (χ1n) is 7.09. The molecule has 0 spiro atoms. The van der Waals surface area contributed by atoms with Crippen molar-refractivity contribution in [3.8, 4) is 0 Å². The minimum atomic E-state index is 0.420. The minimum Gasteiger partial charge on any atom is -0.398 e. The van der Waals surface area contributed by atoms with E-state index >= 15 is 0 Å². The van der Waals surface area contributed by atoms with Crippen molar-refractivity contribution in [3.05, 3.63) is 30.5 Å². The number of pyridine rings is 1. The van der Waals surface area contributed by atoms with Crippen LogP contribution in [0.15, 0.2) is 30.5 Å². The van der Waals surface area contributed by atoms with Crippen LogP contribution in [0.5, 0.6) is 0 Å². The van der Waals surface area contributed by atoms with Crippen LogP contribution in [0, 0.1) is 0 Å². The second kappa shape index (κ2) is 6.09. The first-order valence-corrected chi connectivity index (χ1v) is 7.09. The van der Waals surface area contributed by atoms with E-state index in [1.807, 2.05) is 24.4 Å². The number of nitrogens with zero attached hydrogens (tertiary/aromatic N) is 3. The first kappa shape index (κ1) is 14.6. The van der Waals surface area contributed by atoms with E-state index in [9.17, 15) is 0 Å². The molecule has 0 aliphatic rings. The van der Waals surface area contributed by atoms with Crippen molar-refractivity contribution in [2.75, 3.05) is 37.8 Å². The monoisotopic (exact) mass is 272 g/mol. The van der Waals surface area contributed by atoms with Gasteiger partial charge in [0.15, 0.2) is 0 Å². The molecule has 4 heteroatoms. The van der Waals surface area contributed by atoms with Crippen LogP contribution in [-0.4, -0.2) is 43.1 Å². The van der Waals surface area contributed by atoms with E-state index in [1.54, 1.807) is 0 Å². The third-order valence-corrected chi connectivity index (χ3v) is 3.59.